The van der Waals surface area contributed by atoms with Crippen molar-refractivity contribution < 1.29 is 4.39 Å². The van der Waals surface area contributed by atoms with Crippen LogP contribution in [-0.2, 0) is 0 Å². The highest BCUT2D eigenvalue weighted by molar-refractivity contribution is 7.11. The Morgan fingerprint density at radius 1 is 1.06 bits per heavy atom. The van der Waals surface area contributed by atoms with Gasteiger partial charge in [0.25, 0.3) is 0 Å². The Morgan fingerprint density at radius 3 is 2.38 bits per heavy atom. The molecule has 0 atom stereocenters. The second-order valence-electron chi connectivity index (χ2n) is 3.14. The van der Waals surface area contributed by atoms with Crippen molar-refractivity contribution in [3.05, 3.63) is 51.1 Å². The van der Waals surface area contributed by atoms with Gasteiger partial charge in [0.1, 0.15) is 4.49 Å². The fraction of sp³-hybridized carbons (Fsp3) is 0. The summed E-state index contributed by atoms with van der Waals surface area (Å²) in [4.78, 5) is 0.443. The fourth-order valence-corrected chi connectivity index (χ4v) is 2.50. The van der Waals surface area contributed by atoms with E-state index in [0.717, 1.165) is 11.1 Å². The largest absolute Gasteiger partial charge is 0.203 e. The normalized spacial score (nSPS) is 10.2. The van der Waals surface area contributed by atoms with Gasteiger partial charge in [0.2, 0.25) is 0 Å². The van der Waals surface area contributed by atoms with Crippen molar-refractivity contribution in [1.29, 1.82) is 0 Å². The Balaban J connectivity index is 2.38. The first-order valence-electron chi connectivity index (χ1n) is 4.53. The predicted molar refractivity (Wildman–Crippen MR) is 69.5 cm³/mol. The summed E-state index contributed by atoms with van der Waals surface area (Å²) >= 11 is 12.1. The molecular weight excluding hydrogens is 266 g/mol. The van der Waals surface area contributed by atoms with Crippen molar-refractivity contribution in [1.82, 2.24) is 0 Å². The van der Waals surface area contributed by atoms with Gasteiger partial charge in [0, 0.05) is 0 Å². The Kier molecular flexibility index (Phi) is 3.64. The zero-order valence-electron chi connectivity index (χ0n) is 8.08. The van der Waals surface area contributed by atoms with E-state index in [-0.39, 0.29) is 4.49 Å². The van der Waals surface area contributed by atoms with E-state index < -0.39 is 5.83 Å². The van der Waals surface area contributed by atoms with Crippen LogP contribution >= 0.6 is 34.5 Å². The SMILES string of the molecule is FC(=C(Cl)Cl)c1cc(-c2ccccc2)cs1. The van der Waals surface area contributed by atoms with Crippen molar-refractivity contribution in [2.24, 2.45) is 0 Å². The third-order valence-corrected chi connectivity index (χ3v) is 3.34. The Labute approximate surface area is 107 Å². The van der Waals surface area contributed by atoms with Crippen LogP contribution in [0.3, 0.4) is 0 Å². The average Bonchev–Trinajstić information content (AvgIpc) is 2.78. The van der Waals surface area contributed by atoms with Crippen LogP contribution in [0.1, 0.15) is 4.88 Å². The standard InChI is InChI=1S/C12H7Cl2FS/c13-12(14)11(15)10-6-9(7-16-10)8-4-2-1-3-5-8/h1-7H. The molecule has 0 N–H and O–H groups in total. The number of rotatable bonds is 2. The summed E-state index contributed by atoms with van der Waals surface area (Å²) in [5.74, 6) is -0.574. The van der Waals surface area contributed by atoms with Crippen molar-refractivity contribution in [2.45, 2.75) is 0 Å². The minimum atomic E-state index is -0.574. The molecule has 16 heavy (non-hydrogen) atoms. The molecule has 0 saturated carbocycles. The van der Waals surface area contributed by atoms with Gasteiger partial charge in [-0.05, 0) is 22.6 Å². The zero-order valence-corrected chi connectivity index (χ0v) is 10.4. The van der Waals surface area contributed by atoms with Crippen molar-refractivity contribution >= 4 is 40.4 Å². The predicted octanol–water partition coefficient (Wildman–Crippen LogP) is 5.49. The zero-order chi connectivity index (χ0) is 11.5. The molecule has 0 aliphatic carbocycles. The van der Waals surface area contributed by atoms with E-state index in [0.29, 0.717) is 4.88 Å². The van der Waals surface area contributed by atoms with E-state index in [2.05, 4.69) is 0 Å². The molecule has 4 heteroatoms. The summed E-state index contributed by atoms with van der Waals surface area (Å²) in [6, 6.07) is 11.5. The molecule has 1 aromatic heterocycles. The van der Waals surface area contributed by atoms with E-state index in [1.807, 2.05) is 35.7 Å². The molecule has 2 rings (SSSR count). The Bertz CT molecular complexity index is 513. The minimum Gasteiger partial charge on any atom is -0.203 e. The van der Waals surface area contributed by atoms with Gasteiger partial charge in [0.05, 0.1) is 4.88 Å². The van der Waals surface area contributed by atoms with Crippen LogP contribution in [-0.4, -0.2) is 0 Å². The molecule has 0 aliphatic heterocycles. The second kappa shape index (κ2) is 5.00. The van der Waals surface area contributed by atoms with Crippen molar-refractivity contribution in [3.63, 3.8) is 0 Å². The van der Waals surface area contributed by atoms with Gasteiger partial charge in [-0.15, -0.1) is 11.3 Å². The highest BCUT2D eigenvalue weighted by Gasteiger charge is 2.09. The lowest BCUT2D eigenvalue weighted by Gasteiger charge is -1.95. The second-order valence-corrected chi connectivity index (χ2v) is 5.00. The summed E-state index contributed by atoms with van der Waals surface area (Å²) in [6.45, 7) is 0. The average molecular weight is 273 g/mol. The van der Waals surface area contributed by atoms with Gasteiger partial charge < -0.3 is 0 Å². The van der Waals surface area contributed by atoms with E-state index in [1.54, 1.807) is 6.07 Å². The minimum absolute atomic E-state index is 0.332. The third-order valence-electron chi connectivity index (χ3n) is 2.09. The van der Waals surface area contributed by atoms with Gasteiger partial charge in [-0.25, -0.2) is 4.39 Å². The van der Waals surface area contributed by atoms with Crippen LogP contribution in [0.5, 0.6) is 0 Å². The summed E-state index contributed by atoms with van der Waals surface area (Å²) < 4.78 is 13.1. The van der Waals surface area contributed by atoms with E-state index in [9.17, 15) is 4.39 Å². The molecule has 0 nitrogen and oxygen atoms in total. The molecule has 1 heterocycles. The summed E-state index contributed by atoms with van der Waals surface area (Å²) in [6.07, 6.45) is 0. The lowest BCUT2D eigenvalue weighted by atomic mass is 10.1. The van der Waals surface area contributed by atoms with Crippen molar-refractivity contribution in [3.8, 4) is 11.1 Å². The van der Waals surface area contributed by atoms with Crippen LogP contribution in [0, 0.1) is 0 Å². The quantitative estimate of drug-likeness (QED) is 0.678. The molecule has 2 aromatic rings. The van der Waals surface area contributed by atoms with Gasteiger partial charge in [-0.3, -0.25) is 0 Å². The monoisotopic (exact) mass is 272 g/mol. The van der Waals surface area contributed by atoms with Crippen LogP contribution in [0.2, 0.25) is 0 Å². The number of hydrogen-bond acceptors (Lipinski definition) is 1. The first kappa shape index (κ1) is 11.6. The molecule has 82 valence electrons. The van der Waals surface area contributed by atoms with Crippen LogP contribution < -0.4 is 0 Å². The maximum Gasteiger partial charge on any atom is 0.170 e. The summed E-state index contributed by atoms with van der Waals surface area (Å²) in [5, 5.41) is 1.88. The maximum absolute atomic E-state index is 13.4. The molecule has 1 aromatic carbocycles. The highest BCUT2D eigenvalue weighted by Crippen LogP contribution is 2.33. The molecule has 0 aliphatic rings. The molecule has 0 spiro atoms. The summed E-state index contributed by atoms with van der Waals surface area (Å²) in [5.41, 5.74) is 2.01. The van der Waals surface area contributed by atoms with E-state index in [4.69, 9.17) is 23.2 Å². The summed E-state index contributed by atoms with van der Waals surface area (Å²) in [7, 11) is 0. The van der Waals surface area contributed by atoms with E-state index in [1.165, 1.54) is 11.3 Å². The number of benzene rings is 1. The smallest absolute Gasteiger partial charge is 0.170 e. The van der Waals surface area contributed by atoms with E-state index >= 15 is 0 Å². The van der Waals surface area contributed by atoms with Gasteiger partial charge in [-0.2, -0.15) is 0 Å². The lowest BCUT2D eigenvalue weighted by Crippen LogP contribution is -1.72. The first-order valence-corrected chi connectivity index (χ1v) is 6.17. The van der Waals surface area contributed by atoms with Gasteiger partial charge in [0.15, 0.2) is 5.83 Å². The lowest BCUT2D eigenvalue weighted by molar-refractivity contribution is 0.764. The van der Waals surface area contributed by atoms with Gasteiger partial charge >= 0.3 is 0 Å². The highest BCUT2D eigenvalue weighted by atomic mass is 35.5. The molecule has 0 bridgehead atoms. The Hall–Kier alpha value is -0.830. The molecule has 0 unspecified atom stereocenters. The van der Waals surface area contributed by atoms with Crippen LogP contribution in [0.4, 0.5) is 4.39 Å². The molecule has 0 amide bonds. The number of thiophene rings is 1. The first-order chi connectivity index (χ1) is 7.68. The van der Waals surface area contributed by atoms with Gasteiger partial charge in [-0.1, -0.05) is 53.5 Å². The molecular formula is C12H7Cl2FS. The maximum atomic E-state index is 13.4. The Morgan fingerprint density at radius 2 is 1.75 bits per heavy atom. The fourth-order valence-electron chi connectivity index (χ4n) is 1.33. The topological polar surface area (TPSA) is 0 Å². The number of hydrogen-bond donors (Lipinski definition) is 0. The van der Waals surface area contributed by atoms with Crippen LogP contribution in [0.15, 0.2) is 46.3 Å². The number of halogens is 3. The third kappa shape index (κ3) is 2.46. The molecule has 0 radical (unpaired) electrons. The molecule has 0 saturated heterocycles. The molecule has 0 fully saturated rings. The van der Waals surface area contributed by atoms with Crippen LogP contribution in [0.25, 0.3) is 17.0 Å². The van der Waals surface area contributed by atoms with Crippen molar-refractivity contribution in [2.75, 3.05) is 0 Å².